The Morgan fingerprint density at radius 2 is 2.04 bits per heavy atom. The highest BCUT2D eigenvalue weighted by Crippen LogP contribution is 2.32. The maximum Gasteiger partial charge on any atom is 0.270 e. The van der Waals surface area contributed by atoms with Crippen LogP contribution in [-0.4, -0.2) is 16.7 Å². The Kier molecular flexibility index (Phi) is 5.10. The normalized spacial score (nSPS) is 10.8. The molecule has 0 saturated heterocycles. The summed E-state index contributed by atoms with van der Waals surface area (Å²) in [6, 6.07) is 5.91. The molecule has 2 aromatic rings. The molecule has 0 spiro atoms. The first-order valence-corrected chi connectivity index (χ1v) is 7.74. The van der Waals surface area contributed by atoms with Crippen molar-refractivity contribution in [1.82, 2.24) is 0 Å². The Morgan fingerprint density at radius 1 is 1.33 bits per heavy atom. The van der Waals surface area contributed by atoms with Crippen LogP contribution in [0.4, 0.5) is 10.7 Å². The van der Waals surface area contributed by atoms with Crippen LogP contribution in [-0.2, 0) is 4.79 Å². The lowest BCUT2D eigenvalue weighted by molar-refractivity contribution is -0.384. The highest BCUT2D eigenvalue weighted by Gasteiger charge is 2.18. The Balaban J connectivity index is 2.17. The van der Waals surface area contributed by atoms with Gasteiger partial charge in [0.1, 0.15) is 5.00 Å². The van der Waals surface area contributed by atoms with Gasteiger partial charge in [-0.1, -0.05) is 12.1 Å². The smallest absolute Gasteiger partial charge is 0.270 e. The molecule has 8 heteroatoms. The van der Waals surface area contributed by atoms with Crippen molar-refractivity contribution in [3.05, 3.63) is 62.0 Å². The van der Waals surface area contributed by atoms with E-state index in [1.54, 1.807) is 13.0 Å². The van der Waals surface area contributed by atoms with Crippen molar-refractivity contribution in [3.8, 4) is 0 Å². The average Bonchev–Trinajstić information content (AvgIpc) is 2.80. The minimum atomic E-state index is -0.602. The predicted octanol–water partition coefficient (Wildman–Crippen LogP) is 3.02. The minimum absolute atomic E-state index is 0.0573. The van der Waals surface area contributed by atoms with Crippen LogP contribution in [0.1, 0.15) is 26.4 Å². The Hall–Kier alpha value is -3.00. The van der Waals surface area contributed by atoms with Gasteiger partial charge in [0, 0.05) is 23.1 Å². The molecule has 124 valence electrons. The van der Waals surface area contributed by atoms with E-state index in [1.807, 2.05) is 6.92 Å². The number of hydrogen-bond acceptors (Lipinski definition) is 5. The fraction of sp³-hybridized carbons (Fsp3) is 0.125. The highest BCUT2D eigenvalue weighted by atomic mass is 32.1. The lowest BCUT2D eigenvalue weighted by atomic mass is 10.1. The zero-order valence-electron chi connectivity index (χ0n) is 13.0. The summed E-state index contributed by atoms with van der Waals surface area (Å²) >= 11 is 1.27. The van der Waals surface area contributed by atoms with E-state index >= 15 is 0 Å². The van der Waals surface area contributed by atoms with Gasteiger partial charge in [-0.3, -0.25) is 19.7 Å². The molecule has 1 aromatic heterocycles. The van der Waals surface area contributed by atoms with E-state index in [0.29, 0.717) is 16.1 Å². The molecular weight excluding hydrogens is 330 g/mol. The monoisotopic (exact) mass is 345 g/mol. The number of nitrogens with one attached hydrogen (secondary N) is 1. The van der Waals surface area contributed by atoms with Gasteiger partial charge in [-0.2, -0.15) is 0 Å². The topological polar surface area (TPSA) is 115 Å². The Morgan fingerprint density at radius 3 is 2.67 bits per heavy atom. The number of nitro benzene ring substituents is 1. The first-order valence-electron chi connectivity index (χ1n) is 6.93. The number of hydrogen-bond donors (Lipinski definition) is 2. The van der Waals surface area contributed by atoms with Crippen LogP contribution < -0.4 is 11.1 Å². The van der Waals surface area contributed by atoms with Crippen LogP contribution >= 0.6 is 11.3 Å². The first kappa shape index (κ1) is 17.4. The number of primary amides is 1. The molecule has 0 saturated carbocycles. The Labute approximate surface area is 141 Å². The Bertz CT molecular complexity index is 855. The molecule has 0 aliphatic heterocycles. The summed E-state index contributed by atoms with van der Waals surface area (Å²) in [7, 11) is 0. The third-order valence-electron chi connectivity index (χ3n) is 3.38. The summed E-state index contributed by atoms with van der Waals surface area (Å²) in [5.41, 5.74) is 6.85. The molecule has 0 aliphatic rings. The van der Waals surface area contributed by atoms with Gasteiger partial charge >= 0.3 is 0 Å². The summed E-state index contributed by atoms with van der Waals surface area (Å²) in [4.78, 5) is 34.6. The van der Waals surface area contributed by atoms with Crippen molar-refractivity contribution in [2.45, 2.75) is 13.8 Å². The number of rotatable bonds is 5. The second-order valence-corrected chi connectivity index (χ2v) is 6.25. The summed E-state index contributed by atoms with van der Waals surface area (Å²) in [5.74, 6) is -1.06. The summed E-state index contributed by atoms with van der Waals surface area (Å²) in [6.45, 7) is 3.60. The lowest BCUT2D eigenvalue weighted by Gasteiger charge is -2.02. The number of nitrogens with zero attached hydrogens (tertiary/aromatic N) is 1. The van der Waals surface area contributed by atoms with E-state index in [1.165, 1.54) is 41.7 Å². The number of carbonyl (C=O) groups is 2. The molecule has 2 amide bonds. The van der Waals surface area contributed by atoms with Crippen LogP contribution in [0.5, 0.6) is 0 Å². The molecular formula is C16H15N3O4S. The maximum atomic E-state index is 12.0. The lowest BCUT2D eigenvalue weighted by Crippen LogP contribution is -2.16. The molecule has 7 nitrogen and oxygen atoms in total. The van der Waals surface area contributed by atoms with Gasteiger partial charge in [0.2, 0.25) is 5.91 Å². The summed E-state index contributed by atoms with van der Waals surface area (Å²) in [5, 5.41) is 13.7. The molecule has 1 heterocycles. The predicted molar refractivity (Wildman–Crippen MR) is 93.1 cm³/mol. The van der Waals surface area contributed by atoms with Gasteiger partial charge in [-0.25, -0.2) is 0 Å². The molecule has 0 atom stereocenters. The van der Waals surface area contributed by atoms with Crippen molar-refractivity contribution in [1.29, 1.82) is 0 Å². The van der Waals surface area contributed by atoms with Gasteiger partial charge < -0.3 is 11.1 Å². The number of anilines is 1. The van der Waals surface area contributed by atoms with Crippen molar-refractivity contribution in [2.75, 3.05) is 5.32 Å². The summed E-state index contributed by atoms with van der Waals surface area (Å²) < 4.78 is 0. The van der Waals surface area contributed by atoms with Crippen LogP contribution in [0.15, 0.2) is 30.3 Å². The van der Waals surface area contributed by atoms with E-state index in [9.17, 15) is 19.7 Å². The van der Waals surface area contributed by atoms with E-state index in [4.69, 9.17) is 5.73 Å². The number of non-ortho nitro benzene ring substituents is 1. The van der Waals surface area contributed by atoms with Gasteiger partial charge in [0.15, 0.2) is 0 Å². The summed E-state index contributed by atoms with van der Waals surface area (Å²) in [6.07, 6.45) is 2.70. The van der Waals surface area contributed by atoms with Crippen LogP contribution in [0, 0.1) is 24.0 Å². The number of benzene rings is 1. The quantitative estimate of drug-likeness (QED) is 0.492. The van der Waals surface area contributed by atoms with Gasteiger partial charge in [0.05, 0.1) is 10.5 Å². The van der Waals surface area contributed by atoms with Gasteiger partial charge in [-0.15, -0.1) is 11.3 Å². The standard InChI is InChI=1S/C16H15N3O4S/c1-9-10(2)24-16(14(9)15(17)21)18-13(20)7-6-11-4-3-5-12(8-11)19(22)23/h3-8H,1-2H3,(H2,17,21)(H,18,20)/b7-6+. The fourth-order valence-electron chi connectivity index (χ4n) is 2.08. The number of amides is 2. The maximum absolute atomic E-state index is 12.0. The first-order chi connectivity index (χ1) is 11.3. The van der Waals surface area contributed by atoms with E-state index in [0.717, 1.165) is 10.4 Å². The number of nitrogens with two attached hydrogens (primary N) is 1. The third kappa shape index (κ3) is 3.85. The van der Waals surface area contributed by atoms with Crippen molar-refractivity contribution < 1.29 is 14.5 Å². The third-order valence-corrected chi connectivity index (χ3v) is 4.50. The second-order valence-electron chi connectivity index (χ2n) is 5.03. The largest absolute Gasteiger partial charge is 0.365 e. The zero-order valence-corrected chi connectivity index (χ0v) is 13.8. The zero-order chi connectivity index (χ0) is 17.9. The van der Waals surface area contributed by atoms with Crippen molar-refractivity contribution in [3.63, 3.8) is 0 Å². The molecule has 3 N–H and O–H groups in total. The van der Waals surface area contributed by atoms with Gasteiger partial charge in [-0.05, 0) is 31.1 Å². The van der Waals surface area contributed by atoms with E-state index in [-0.39, 0.29) is 5.69 Å². The highest BCUT2D eigenvalue weighted by molar-refractivity contribution is 7.16. The van der Waals surface area contributed by atoms with Crippen LogP contribution in [0.2, 0.25) is 0 Å². The molecule has 0 aliphatic carbocycles. The van der Waals surface area contributed by atoms with E-state index < -0.39 is 16.7 Å². The SMILES string of the molecule is Cc1sc(NC(=O)/C=C/c2cccc([N+](=O)[O-])c2)c(C(N)=O)c1C. The number of thiophene rings is 1. The number of nitro groups is 1. The second kappa shape index (κ2) is 7.05. The molecule has 1 aromatic carbocycles. The molecule has 2 rings (SSSR count). The number of carbonyl (C=O) groups excluding carboxylic acids is 2. The molecule has 0 unspecified atom stereocenters. The van der Waals surface area contributed by atoms with Crippen molar-refractivity contribution in [2.24, 2.45) is 5.73 Å². The number of aryl methyl sites for hydroxylation is 1. The molecule has 0 bridgehead atoms. The van der Waals surface area contributed by atoms with Gasteiger partial charge in [0.25, 0.3) is 11.6 Å². The molecule has 0 radical (unpaired) electrons. The average molecular weight is 345 g/mol. The van der Waals surface area contributed by atoms with Crippen LogP contribution in [0.3, 0.4) is 0 Å². The molecule has 0 fully saturated rings. The van der Waals surface area contributed by atoms with E-state index in [2.05, 4.69) is 5.32 Å². The minimum Gasteiger partial charge on any atom is -0.365 e. The van der Waals surface area contributed by atoms with Crippen molar-refractivity contribution >= 4 is 39.9 Å². The van der Waals surface area contributed by atoms with Crippen LogP contribution in [0.25, 0.3) is 6.08 Å². The molecule has 24 heavy (non-hydrogen) atoms. The fourth-order valence-corrected chi connectivity index (χ4v) is 3.15.